The van der Waals surface area contributed by atoms with Crippen LogP contribution in [0.5, 0.6) is 11.5 Å². The van der Waals surface area contributed by atoms with Gasteiger partial charge in [0.2, 0.25) is 6.10 Å². The molecule has 3 aromatic rings. The van der Waals surface area contributed by atoms with Gasteiger partial charge in [0.15, 0.2) is 0 Å². The summed E-state index contributed by atoms with van der Waals surface area (Å²) in [6.45, 7) is 2.35. The highest BCUT2D eigenvalue weighted by Gasteiger charge is 2.24. The van der Waals surface area contributed by atoms with Crippen molar-refractivity contribution in [1.82, 2.24) is 0 Å². The smallest absolute Gasteiger partial charge is 0.270 e. The van der Waals surface area contributed by atoms with Crippen molar-refractivity contribution < 1.29 is 14.3 Å². The lowest BCUT2D eigenvalue weighted by atomic mass is 10.1. The third-order valence-electron chi connectivity index (χ3n) is 4.09. The van der Waals surface area contributed by atoms with E-state index in [0.717, 1.165) is 0 Å². The van der Waals surface area contributed by atoms with Gasteiger partial charge in [0.05, 0.1) is 28.9 Å². The molecule has 6 heteroatoms. The van der Waals surface area contributed by atoms with Crippen molar-refractivity contribution in [3.05, 3.63) is 88.9 Å². The molecule has 0 bridgehead atoms. The number of anilines is 1. The number of nitriles is 1. The summed E-state index contributed by atoms with van der Waals surface area (Å²) in [6, 6.07) is 23.0. The fraction of sp³-hybridized carbons (Fsp3) is 0.130. The van der Waals surface area contributed by atoms with Crippen LogP contribution >= 0.6 is 11.6 Å². The van der Waals surface area contributed by atoms with E-state index in [1.165, 1.54) is 6.07 Å². The number of nitrogens with one attached hydrogen (secondary N) is 1. The molecule has 1 amide bonds. The van der Waals surface area contributed by atoms with E-state index in [1.54, 1.807) is 36.4 Å². The van der Waals surface area contributed by atoms with E-state index in [2.05, 4.69) is 5.32 Å². The third kappa shape index (κ3) is 5.07. The number of rotatable bonds is 7. The van der Waals surface area contributed by atoms with Crippen molar-refractivity contribution in [3.8, 4) is 17.6 Å². The van der Waals surface area contributed by atoms with Crippen molar-refractivity contribution in [2.75, 3.05) is 11.9 Å². The molecule has 1 N–H and O–H groups in total. The van der Waals surface area contributed by atoms with Gasteiger partial charge in [-0.2, -0.15) is 5.26 Å². The van der Waals surface area contributed by atoms with Crippen molar-refractivity contribution >= 4 is 23.2 Å². The summed E-state index contributed by atoms with van der Waals surface area (Å²) >= 11 is 6.24. The Hall–Kier alpha value is -3.49. The third-order valence-corrected chi connectivity index (χ3v) is 4.39. The van der Waals surface area contributed by atoms with E-state index in [1.807, 2.05) is 43.3 Å². The summed E-state index contributed by atoms with van der Waals surface area (Å²) in [5.41, 5.74) is 1.63. The highest BCUT2D eigenvalue weighted by atomic mass is 35.5. The molecule has 3 rings (SSSR count). The van der Waals surface area contributed by atoms with E-state index >= 15 is 0 Å². The zero-order chi connectivity index (χ0) is 20.6. The molecule has 0 unspecified atom stereocenters. The van der Waals surface area contributed by atoms with Gasteiger partial charge in [-0.1, -0.05) is 54.1 Å². The maximum atomic E-state index is 13.1. The molecule has 146 valence electrons. The number of carbonyl (C=O) groups excluding carboxylic acids is 1. The SMILES string of the molecule is CCOc1ccccc1NC(=O)[C@H](Oc1ccc(C#N)cc1Cl)c1ccccc1. The van der Waals surface area contributed by atoms with Crippen molar-refractivity contribution in [2.24, 2.45) is 0 Å². The molecule has 0 heterocycles. The number of carbonyl (C=O) groups is 1. The number of hydrogen-bond acceptors (Lipinski definition) is 4. The normalized spacial score (nSPS) is 11.2. The van der Waals surface area contributed by atoms with Crippen LogP contribution in [0.15, 0.2) is 72.8 Å². The van der Waals surface area contributed by atoms with Crippen molar-refractivity contribution in [1.29, 1.82) is 5.26 Å². The quantitative estimate of drug-likeness (QED) is 0.572. The van der Waals surface area contributed by atoms with Crippen LogP contribution in [0.3, 0.4) is 0 Å². The minimum atomic E-state index is -0.948. The molecular formula is C23H19ClN2O3. The standard InChI is InChI=1S/C23H19ClN2O3/c1-2-28-21-11-7-6-10-19(21)26-23(27)22(17-8-4-3-5-9-17)29-20-13-12-16(15-25)14-18(20)24/h3-14,22H,2H2,1H3,(H,26,27)/t22-/m1/s1. The fourth-order valence-electron chi connectivity index (χ4n) is 2.74. The second kappa shape index (κ2) is 9.63. The van der Waals surface area contributed by atoms with Gasteiger partial charge in [-0.25, -0.2) is 0 Å². The summed E-state index contributed by atoms with van der Waals surface area (Å²) in [7, 11) is 0. The van der Waals surface area contributed by atoms with Crippen LogP contribution < -0.4 is 14.8 Å². The monoisotopic (exact) mass is 406 g/mol. The first-order valence-corrected chi connectivity index (χ1v) is 9.44. The number of hydrogen-bond donors (Lipinski definition) is 1. The maximum absolute atomic E-state index is 13.1. The Kier molecular flexibility index (Phi) is 6.72. The number of benzene rings is 3. The van der Waals surface area contributed by atoms with Gasteiger partial charge in [-0.3, -0.25) is 4.79 Å². The Balaban J connectivity index is 1.90. The molecule has 29 heavy (non-hydrogen) atoms. The second-order valence-corrected chi connectivity index (χ2v) is 6.49. The molecule has 1 atom stereocenters. The Bertz CT molecular complexity index is 1030. The molecule has 0 saturated heterocycles. The predicted octanol–water partition coefficient (Wildman–Crippen LogP) is 5.37. The van der Waals surface area contributed by atoms with E-state index in [9.17, 15) is 4.79 Å². The summed E-state index contributed by atoms with van der Waals surface area (Å²) in [5, 5.41) is 12.1. The average molecular weight is 407 g/mol. The highest BCUT2D eigenvalue weighted by Crippen LogP contribution is 2.32. The first-order chi connectivity index (χ1) is 14.1. The number of ether oxygens (including phenoxy) is 2. The first-order valence-electron chi connectivity index (χ1n) is 9.06. The summed E-state index contributed by atoms with van der Waals surface area (Å²) in [6.07, 6.45) is -0.948. The summed E-state index contributed by atoms with van der Waals surface area (Å²) in [4.78, 5) is 13.1. The molecule has 0 saturated carbocycles. The molecular weight excluding hydrogens is 388 g/mol. The summed E-state index contributed by atoms with van der Waals surface area (Å²) in [5.74, 6) is 0.517. The molecule has 0 aliphatic heterocycles. The molecule has 0 spiro atoms. The van der Waals surface area contributed by atoms with Crippen molar-refractivity contribution in [3.63, 3.8) is 0 Å². The van der Waals surface area contributed by atoms with Gasteiger partial charge in [-0.15, -0.1) is 0 Å². The molecule has 0 aromatic heterocycles. The topological polar surface area (TPSA) is 71.3 Å². The molecule has 3 aromatic carbocycles. The highest BCUT2D eigenvalue weighted by molar-refractivity contribution is 6.32. The maximum Gasteiger partial charge on any atom is 0.270 e. The Morgan fingerprint density at radius 3 is 2.48 bits per heavy atom. The van der Waals surface area contributed by atoms with E-state index in [0.29, 0.717) is 34.9 Å². The summed E-state index contributed by atoms with van der Waals surface area (Å²) < 4.78 is 11.5. The van der Waals surface area contributed by atoms with Crippen LogP contribution in [-0.2, 0) is 4.79 Å². The molecule has 0 radical (unpaired) electrons. The van der Waals surface area contributed by atoms with Gasteiger partial charge in [0.25, 0.3) is 5.91 Å². The van der Waals surface area contributed by atoms with Crippen LogP contribution in [-0.4, -0.2) is 12.5 Å². The number of nitrogens with zero attached hydrogens (tertiary/aromatic N) is 1. The number of amides is 1. The molecule has 5 nitrogen and oxygen atoms in total. The number of halogens is 1. The fourth-order valence-corrected chi connectivity index (χ4v) is 2.97. The van der Waals surface area contributed by atoms with Crippen molar-refractivity contribution in [2.45, 2.75) is 13.0 Å². The molecule has 0 aliphatic rings. The average Bonchev–Trinajstić information content (AvgIpc) is 2.75. The van der Waals surface area contributed by atoms with Crippen LogP contribution in [0.2, 0.25) is 5.02 Å². The largest absolute Gasteiger partial charge is 0.492 e. The van der Waals surface area contributed by atoms with Crippen LogP contribution in [0.1, 0.15) is 24.2 Å². The molecule has 0 aliphatic carbocycles. The lowest BCUT2D eigenvalue weighted by molar-refractivity contribution is -0.123. The van der Waals surface area contributed by atoms with Gasteiger partial charge >= 0.3 is 0 Å². The van der Waals surface area contributed by atoms with Crippen LogP contribution in [0, 0.1) is 11.3 Å². The van der Waals surface area contributed by atoms with E-state index < -0.39 is 6.10 Å². The van der Waals surface area contributed by atoms with Gasteiger partial charge in [0.1, 0.15) is 11.5 Å². The van der Waals surface area contributed by atoms with Crippen LogP contribution in [0.25, 0.3) is 0 Å². The molecule has 0 fully saturated rings. The minimum absolute atomic E-state index is 0.257. The van der Waals surface area contributed by atoms with Gasteiger partial charge < -0.3 is 14.8 Å². The number of para-hydroxylation sites is 2. The van der Waals surface area contributed by atoms with E-state index in [-0.39, 0.29) is 10.9 Å². The zero-order valence-electron chi connectivity index (χ0n) is 15.8. The first kappa shape index (κ1) is 20.2. The van der Waals surface area contributed by atoms with Gasteiger partial charge in [0, 0.05) is 5.56 Å². The minimum Gasteiger partial charge on any atom is -0.492 e. The van der Waals surface area contributed by atoms with Gasteiger partial charge in [-0.05, 0) is 37.3 Å². The Labute approximate surface area is 174 Å². The zero-order valence-corrected chi connectivity index (χ0v) is 16.5. The Morgan fingerprint density at radius 1 is 1.07 bits per heavy atom. The van der Waals surface area contributed by atoms with E-state index in [4.69, 9.17) is 26.3 Å². The second-order valence-electron chi connectivity index (χ2n) is 6.08. The Morgan fingerprint density at radius 2 is 1.79 bits per heavy atom. The lowest BCUT2D eigenvalue weighted by Gasteiger charge is -2.21. The lowest BCUT2D eigenvalue weighted by Crippen LogP contribution is -2.26. The predicted molar refractivity (Wildman–Crippen MR) is 112 cm³/mol. The van der Waals surface area contributed by atoms with Crippen LogP contribution in [0.4, 0.5) is 5.69 Å².